The molecule has 3 rings (SSSR count). The molecule has 1 N–H and O–H groups in total. The third kappa shape index (κ3) is 5.35. The number of likely N-dealkylation sites (tertiary alicyclic amines) is 1. The van der Waals surface area contributed by atoms with Crippen molar-refractivity contribution in [3.63, 3.8) is 0 Å². The lowest BCUT2D eigenvalue weighted by Gasteiger charge is -2.15. The van der Waals surface area contributed by atoms with Crippen LogP contribution in [-0.4, -0.2) is 41.2 Å². The van der Waals surface area contributed by atoms with Crippen LogP contribution in [0.1, 0.15) is 12.0 Å². The maximum Gasteiger partial charge on any atom is 0.234 e. The second kappa shape index (κ2) is 8.85. The summed E-state index contributed by atoms with van der Waals surface area (Å²) in [7, 11) is 0. The SMILES string of the molecule is O=C(CN1CC[C@@H](CSc2ccccc2)C1)NCc1cccnc1. The van der Waals surface area contributed by atoms with Crippen LogP contribution in [-0.2, 0) is 11.3 Å². The van der Waals surface area contributed by atoms with E-state index in [9.17, 15) is 4.79 Å². The van der Waals surface area contributed by atoms with Gasteiger partial charge in [0.1, 0.15) is 0 Å². The Morgan fingerprint density at radius 2 is 2.12 bits per heavy atom. The fourth-order valence-corrected chi connectivity index (χ4v) is 3.94. The zero-order chi connectivity index (χ0) is 16.6. The number of thioether (sulfide) groups is 1. The Morgan fingerprint density at radius 3 is 2.92 bits per heavy atom. The van der Waals surface area contributed by atoms with E-state index in [4.69, 9.17) is 0 Å². The molecular weight excluding hydrogens is 318 g/mol. The van der Waals surface area contributed by atoms with Gasteiger partial charge >= 0.3 is 0 Å². The fourth-order valence-electron chi connectivity index (χ4n) is 2.89. The third-order valence-corrected chi connectivity index (χ3v) is 5.42. The van der Waals surface area contributed by atoms with E-state index in [1.54, 1.807) is 12.4 Å². The molecule has 2 aromatic rings. The van der Waals surface area contributed by atoms with Gasteiger partial charge in [-0.25, -0.2) is 0 Å². The Labute approximate surface area is 147 Å². The lowest BCUT2D eigenvalue weighted by atomic mass is 10.2. The van der Waals surface area contributed by atoms with Crippen LogP contribution in [0.25, 0.3) is 0 Å². The van der Waals surface area contributed by atoms with Crippen molar-refractivity contribution >= 4 is 17.7 Å². The Kier molecular flexibility index (Phi) is 6.26. The van der Waals surface area contributed by atoms with E-state index in [-0.39, 0.29) is 5.91 Å². The van der Waals surface area contributed by atoms with E-state index in [1.165, 1.54) is 11.3 Å². The second-order valence-electron chi connectivity index (χ2n) is 6.15. The average Bonchev–Trinajstić information content (AvgIpc) is 3.07. The predicted octanol–water partition coefficient (Wildman–Crippen LogP) is 2.81. The van der Waals surface area contributed by atoms with Gasteiger partial charge in [0.25, 0.3) is 0 Å². The topological polar surface area (TPSA) is 45.2 Å². The van der Waals surface area contributed by atoms with E-state index in [1.807, 2.05) is 30.0 Å². The number of amides is 1. The second-order valence-corrected chi connectivity index (χ2v) is 7.25. The smallest absolute Gasteiger partial charge is 0.234 e. The Balaban J connectivity index is 1.35. The van der Waals surface area contributed by atoms with Crippen LogP contribution in [0, 0.1) is 5.92 Å². The molecular formula is C19H23N3OS. The number of nitrogens with one attached hydrogen (secondary N) is 1. The molecule has 24 heavy (non-hydrogen) atoms. The van der Waals surface area contributed by atoms with Crippen molar-refractivity contribution < 1.29 is 4.79 Å². The molecule has 1 saturated heterocycles. The van der Waals surface area contributed by atoms with Crippen LogP contribution in [0.2, 0.25) is 0 Å². The maximum atomic E-state index is 12.1. The van der Waals surface area contributed by atoms with Crippen molar-refractivity contribution in [2.24, 2.45) is 5.92 Å². The fraction of sp³-hybridized carbons (Fsp3) is 0.368. The van der Waals surface area contributed by atoms with Gasteiger partial charge in [-0.05, 0) is 42.6 Å². The van der Waals surface area contributed by atoms with Crippen LogP contribution in [0.15, 0.2) is 59.8 Å². The molecule has 4 nitrogen and oxygen atoms in total. The van der Waals surface area contributed by atoms with Gasteiger partial charge in [0.15, 0.2) is 0 Å². The average molecular weight is 341 g/mol. The van der Waals surface area contributed by atoms with E-state index in [0.717, 1.165) is 24.4 Å². The largest absolute Gasteiger partial charge is 0.351 e. The molecule has 0 unspecified atom stereocenters. The Morgan fingerprint density at radius 1 is 1.25 bits per heavy atom. The van der Waals surface area contributed by atoms with Crippen LogP contribution < -0.4 is 5.32 Å². The van der Waals surface area contributed by atoms with Crippen molar-refractivity contribution in [1.29, 1.82) is 0 Å². The summed E-state index contributed by atoms with van der Waals surface area (Å²) in [4.78, 5) is 19.7. The summed E-state index contributed by atoms with van der Waals surface area (Å²) in [5.74, 6) is 1.88. The molecule has 126 valence electrons. The summed E-state index contributed by atoms with van der Waals surface area (Å²) >= 11 is 1.91. The molecule has 0 spiro atoms. The van der Waals surface area contributed by atoms with E-state index < -0.39 is 0 Å². The number of carbonyl (C=O) groups is 1. The molecule has 1 fully saturated rings. The highest BCUT2D eigenvalue weighted by molar-refractivity contribution is 7.99. The van der Waals surface area contributed by atoms with Gasteiger partial charge in [-0.15, -0.1) is 11.8 Å². The van der Waals surface area contributed by atoms with Crippen LogP contribution >= 0.6 is 11.8 Å². The van der Waals surface area contributed by atoms with Crippen molar-refractivity contribution in [1.82, 2.24) is 15.2 Å². The Bertz CT molecular complexity index is 636. The maximum absolute atomic E-state index is 12.1. The van der Waals surface area contributed by atoms with Gasteiger partial charge in [-0.3, -0.25) is 14.7 Å². The first-order valence-corrected chi connectivity index (χ1v) is 9.34. The molecule has 2 heterocycles. The van der Waals surface area contributed by atoms with Crippen molar-refractivity contribution in [2.45, 2.75) is 17.9 Å². The zero-order valence-electron chi connectivity index (χ0n) is 13.7. The molecule has 1 aliphatic heterocycles. The summed E-state index contributed by atoms with van der Waals surface area (Å²) in [6, 6.07) is 14.4. The highest BCUT2D eigenvalue weighted by Crippen LogP contribution is 2.25. The number of aromatic nitrogens is 1. The number of benzene rings is 1. The molecule has 1 aromatic heterocycles. The number of pyridine rings is 1. The Hall–Kier alpha value is -1.85. The molecule has 1 atom stereocenters. The van der Waals surface area contributed by atoms with Gasteiger partial charge in [0, 0.05) is 36.1 Å². The summed E-state index contributed by atoms with van der Waals surface area (Å²) in [6.45, 7) is 3.07. The molecule has 0 aliphatic carbocycles. The zero-order valence-corrected chi connectivity index (χ0v) is 14.5. The molecule has 1 aromatic carbocycles. The molecule has 1 amide bonds. The summed E-state index contributed by atoms with van der Waals surface area (Å²) in [6.07, 6.45) is 4.70. The molecule has 1 aliphatic rings. The number of rotatable bonds is 7. The first-order valence-electron chi connectivity index (χ1n) is 8.35. The molecule has 0 bridgehead atoms. The normalized spacial score (nSPS) is 17.8. The van der Waals surface area contributed by atoms with Gasteiger partial charge in [0.2, 0.25) is 5.91 Å². The standard InChI is InChI=1S/C19H23N3OS/c23-19(21-12-16-5-4-9-20-11-16)14-22-10-8-17(13-22)15-24-18-6-2-1-3-7-18/h1-7,9,11,17H,8,10,12-15H2,(H,21,23)/t17-/m1/s1. The van der Waals surface area contributed by atoms with Crippen LogP contribution in [0.3, 0.4) is 0 Å². The van der Waals surface area contributed by atoms with Gasteiger partial charge in [0.05, 0.1) is 6.54 Å². The predicted molar refractivity (Wildman–Crippen MR) is 97.8 cm³/mol. The quantitative estimate of drug-likeness (QED) is 0.787. The third-order valence-electron chi connectivity index (χ3n) is 4.18. The van der Waals surface area contributed by atoms with Crippen LogP contribution in [0.5, 0.6) is 0 Å². The van der Waals surface area contributed by atoms with Gasteiger partial charge in [-0.2, -0.15) is 0 Å². The summed E-state index contributed by atoms with van der Waals surface area (Å²) < 4.78 is 0. The van der Waals surface area contributed by atoms with Crippen LogP contribution in [0.4, 0.5) is 0 Å². The first-order chi connectivity index (χ1) is 11.8. The number of carbonyl (C=O) groups excluding carboxylic acids is 1. The van der Waals surface area contributed by atoms with Gasteiger partial charge < -0.3 is 5.32 Å². The highest BCUT2D eigenvalue weighted by Gasteiger charge is 2.23. The van der Waals surface area contributed by atoms with E-state index >= 15 is 0 Å². The lowest BCUT2D eigenvalue weighted by Crippen LogP contribution is -2.35. The highest BCUT2D eigenvalue weighted by atomic mass is 32.2. The number of hydrogen-bond acceptors (Lipinski definition) is 4. The first kappa shape index (κ1) is 17.0. The lowest BCUT2D eigenvalue weighted by molar-refractivity contribution is -0.122. The minimum absolute atomic E-state index is 0.0928. The van der Waals surface area contributed by atoms with Crippen molar-refractivity contribution in [3.8, 4) is 0 Å². The minimum atomic E-state index is 0.0928. The molecule has 0 saturated carbocycles. The summed E-state index contributed by atoms with van der Waals surface area (Å²) in [5.41, 5.74) is 1.03. The van der Waals surface area contributed by atoms with E-state index in [2.05, 4.69) is 39.5 Å². The minimum Gasteiger partial charge on any atom is -0.351 e. The van der Waals surface area contributed by atoms with Crippen molar-refractivity contribution in [2.75, 3.05) is 25.4 Å². The number of nitrogens with zero attached hydrogens (tertiary/aromatic N) is 2. The molecule has 5 heteroatoms. The molecule has 0 radical (unpaired) electrons. The van der Waals surface area contributed by atoms with Crippen molar-refractivity contribution in [3.05, 3.63) is 60.4 Å². The summed E-state index contributed by atoms with van der Waals surface area (Å²) in [5, 5.41) is 2.97. The number of hydrogen-bond donors (Lipinski definition) is 1. The van der Waals surface area contributed by atoms with Gasteiger partial charge in [-0.1, -0.05) is 24.3 Å². The van der Waals surface area contributed by atoms with E-state index in [0.29, 0.717) is 19.0 Å². The monoisotopic (exact) mass is 341 g/mol.